The molecular formula is C17H21N5O2. The van der Waals surface area contributed by atoms with Gasteiger partial charge in [0, 0.05) is 37.3 Å². The molecule has 7 heteroatoms. The van der Waals surface area contributed by atoms with Crippen molar-refractivity contribution in [3.05, 3.63) is 47.6 Å². The lowest BCUT2D eigenvalue weighted by Gasteiger charge is -2.32. The predicted octanol–water partition coefficient (Wildman–Crippen LogP) is 1.92. The van der Waals surface area contributed by atoms with Crippen LogP contribution in [-0.2, 0) is 16.9 Å². The van der Waals surface area contributed by atoms with Crippen molar-refractivity contribution >= 4 is 5.91 Å². The standard InChI is InChI=1S/C17H21N5O2/c1-12-18-7-5-14(22-12)15(23)19-9-13-10-20-16(21-11-13)17(2)6-3-4-8-24-17/h5,7,10-11H,3-4,6,8-9H2,1-2H3,(H,19,23). The molecule has 1 N–H and O–H groups in total. The molecular weight excluding hydrogens is 306 g/mol. The molecule has 0 bridgehead atoms. The molecule has 0 aromatic carbocycles. The van der Waals surface area contributed by atoms with Gasteiger partial charge >= 0.3 is 0 Å². The fraction of sp³-hybridized carbons (Fsp3) is 0.471. The number of ether oxygens (including phenoxy) is 1. The van der Waals surface area contributed by atoms with Gasteiger partial charge in [0.25, 0.3) is 5.91 Å². The van der Waals surface area contributed by atoms with E-state index in [0.29, 0.717) is 23.9 Å². The van der Waals surface area contributed by atoms with E-state index in [1.54, 1.807) is 31.6 Å². The zero-order valence-corrected chi connectivity index (χ0v) is 14.0. The monoisotopic (exact) mass is 327 g/mol. The van der Waals surface area contributed by atoms with E-state index in [1.165, 1.54) is 0 Å². The van der Waals surface area contributed by atoms with Gasteiger partial charge in [-0.3, -0.25) is 4.79 Å². The van der Waals surface area contributed by atoms with Crippen LogP contribution in [0.1, 0.15) is 53.9 Å². The molecule has 0 radical (unpaired) electrons. The Balaban J connectivity index is 1.61. The van der Waals surface area contributed by atoms with Gasteiger partial charge in [0.1, 0.15) is 17.1 Å². The molecule has 2 aromatic heterocycles. The number of amides is 1. The summed E-state index contributed by atoms with van der Waals surface area (Å²) in [4.78, 5) is 29.0. The molecule has 0 aliphatic carbocycles. The number of hydrogen-bond acceptors (Lipinski definition) is 6. The van der Waals surface area contributed by atoms with Gasteiger partial charge < -0.3 is 10.1 Å². The number of carbonyl (C=O) groups is 1. The molecule has 1 unspecified atom stereocenters. The number of carbonyl (C=O) groups excluding carboxylic acids is 1. The maximum absolute atomic E-state index is 12.1. The van der Waals surface area contributed by atoms with Crippen molar-refractivity contribution in [3.8, 4) is 0 Å². The highest BCUT2D eigenvalue weighted by Gasteiger charge is 2.32. The summed E-state index contributed by atoms with van der Waals surface area (Å²) in [6, 6.07) is 1.59. The summed E-state index contributed by atoms with van der Waals surface area (Å²) in [5.74, 6) is 1.02. The SMILES string of the molecule is Cc1nccc(C(=O)NCc2cnc(C3(C)CCCCO3)nc2)n1. The molecule has 1 aliphatic heterocycles. The summed E-state index contributed by atoms with van der Waals surface area (Å²) in [6.07, 6.45) is 8.17. The van der Waals surface area contributed by atoms with Crippen molar-refractivity contribution < 1.29 is 9.53 Å². The van der Waals surface area contributed by atoms with Crippen LogP contribution in [0.2, 0.25) is 0 Å². The summed E-state index contributed by atoms with van der Waals surface area (Å²) in [7, 11) is 0. The van der Waals surface area contributed by atoms with Crippen LogP contribution in [0.4, 0.5) is 0 Å². The normalized spacial score (nSPS) is 20.6. The first kappa shape index (κ1) is 16.4. The maximum Gasteiger partial charge on any atom is 0.270 e. The topological polar surface area (TPSA) is 89.9 Å². The second kappa shape index (κ2) is 7.00. The molecule has 1 atom stereocenters. The third kappa shape index (κ3) is 3.73. The molecule has 24 heavy (non-hydrogen) atoms. The van der Waals surface area contributed by atoms with E-state index in [2.05, 4.69) is 25.3 Å². The zero-order chi connectivity index (χ0) is 17.0. The van der Waals surface area contributed by atoms with Crippen LogP contribution in [-0.4, -0.2) is 32.4 Å². The van der Waals surface area contributed by atoms with E-state index in [1.807, 2.05) is 6.92 Å². The molecule has 0 spiro atoms. The Morgan fingerprint density at radius 1 is 1.29 bits per heavy atom. The van der Waals surface area contributed by atoms with Gasteiger partial charge in [-0.25, -0.2) is 19.9 Å². The Morgan fingerprint density at radius 2 is 2.08 bits per heavy atom. The number of aryl methyl sites for hydroxylation is 1. The molecule has 1 fully saturated rings. The predicted molar refractivity (Wildman–Crippen MR) is 87.1 cm³/mol. The Kier molecular flexibility index (Phi) is 4.80. The van der Waals surface area contributed by atoms with Crippen LogP contribution in [0.15, 0.2) is 24.7 Å². The molecule has 126 valence electrons. The minimum absolute atomic E-state index is 0.243. The fourth-order valence-corrected chi connectivity index (χ4v) is 2.69. The lowest BCUT2D eigenvalue weighted by molar-refractivity contribution is -0.0760. The van der Waals surface area contributed by atoms with Crippen molar-refractivity contribution in [3.63, 3.8) is 0 Å². The number of nitrogens with one attached hydrogen (secondary N) is 1. The van der Waals surface area contributed by atoms with Gasteiger partial charge in [-0.05, 0) is 39.2 Å². The minimum Gasteiger partial charge on any atom is -0.367 e. The van der Waals surface area contributed by atoms with Crippen molar-refractivity contribution in [1.29, 1.82) is 0 Å². The second-order valence-electron chi connectivity index (χ2n) is 6.12. The average Bonchev–Trinajstić information content (AvgIpc) is 2.61. The molecule has 1 aliphatic rings. The van der Waals surface area contributed by atoms with Gasteiger partial charge in [-0.15, -0.1) is 0 Å². The third-order valence-electron chi connectivity index (χ3n) is 4.11. The molecule has 0 saturated carbocycles. The van der Waals surface area contributed by atoms with Crippen LogP contribution >= 0.6 is 0 Å². The van der Waals surface area contributed by atoms with Crippen molar-refractivity contribution in [2.24, 2.45) is 0 Å². The van der Waals surface area contributed by atoms with E-state index in [0.717, 1.165) is 31.4 Å². The number of rotatable bonds is 4. The lowest BCUT2D eigenvalue weighted by Crippen LogP contribution is -2.32. The van der Waals surface area contributed by atoms with Crippen LogP contribution < -0.4 is 5.32 Å². The van der Waals surface area contributed by atoms with E-state index in [9.17, 15) is 4.79 Å². The third-order valence-corrected chi connectivity index (χ3v) is 4.11. The van der Waals surface area contributed by atoms with Crippen molar-refractivity contribution in [1.82, 2.24) is 25.3 Å². The van der Waals surface area contributed by atoms with Gasteiger partial charge in [0.2, 0.25) is 0 Å². The maximum atomic E-state index is 12.1. The van der Waals surface area contributed by atoms with Crippen LogP contribution in [0.3, 0.4) is 0 Å². The van der Waals surface area contributed by atoms with E-state index in [4.69, 9.17) is 4.74 Å². The fourth-order valence-electron chi connectivity index (χ4n) is 2.69. The zero-order valence-electron chi connectivity index (χ0n) is 14.0. The van der Waals surface area contributed by atoms with Gasteiger partial charge in [0.15, 0.2) is 5.82 Å². The molecule has 3 rings (SSSR count). The second-order valence-corrected chi connectivity index (χ2v) is 6.12. The van der Waals surface area contributed by atoms with Crippen LogP contribution in [0.25, 0.3) is 0 Å². The smallest absolute Gasteiger partial charge is 0.270 e. The van der Waals surface area contributed by atoms with Crippen LogP contribution in [0, 0.1) is 6.92 Å². The summed E-state index contributed by atoms with van der Waals surface area (Å²) in [6.45, 7) is 4.87. The van der Waals surface area contributed by atoms with Crippen LogP contribution in [0.5, 0.6) is 0 Å². The Labute approximate surface area is 140 Å². The summed E-state index contributed by atoms with van der Waals surface area (Å²) < 4.78 is 5.85. The highest BCUT2D eigenvalue weighted by atomic mass is 16.5. The van der Waals surface area contributed by atoms with E-state index >= 15 is 0 Å². The quantitative estimate of drug-likeness (QED) is 0.923. The minimum atomic E-state index is -0.404. The largest absolute Gasteiger partial charge is 0.367 e. The first-order valence-corrected chi connectivity index (χ1v) is 8.10. The molecule has 2 aromatic rings. The summed E-state index contributed by atoms with van der Waals surface area (Å²) >= 11 is 0. The van der Waals surface area contributed by atoms with E-state index in [-0.39, 0.29) is 5.91 Å². The summed E-state index contributed by atoms with van der Waals surface area (Å²) in [5.41, 5.74) is 0.777. The van der Waals surface area contributed by atoms with Gasteiger partial charge in [0.05, 0.1) is 0 Å². The van der Waals surface area contributed by atoms with Gasteiger partial charge in [-0.2, -0.15) is 0 Å². The highest BCUT2D eigenvalue weighted by molar-refractivity contribution is 5.92. The number of hydrogen-bond donors (Lipinski definition) is 1. The Bertz CT molecular complexity index is 711. The number of nitrogens with zero attached hydrogens (tertiary/aromatic N) is 4. The Morgan fingerprint density at radius 3 is 2.75 bits per heavy atom. The van der Waals surface area contributed by atoms with Crippen molar-refractivity contribution in [2.75, 3.05) is 6.61 Å². The Hall–Kier alpha value is -2.41. The first-order chi connectivity index (χ1) is 11.6. The van der Waals surface area contributed by atoms with Crippen molar-refractivity contribution in [2.45, 2.75) is 45.3 Å². The molecule has 7 nitrogen and oxygen atoms in total. The van der Waals surface area contributed by atoms with Gasteiger partial charge in [-0.1, -0.05) is 0 Å². The lowest BCUT2D eigenvalue weighted by atomic mass is 9.95. The first-order valence-electron chi connectivity index (χ1n) is 8.10. The summed E-state index contributed by atoms with van der Waals surface area (Å²) in [5, 5.41) is 2.81. The number of aromatic nitrogens is 4. The molecule has 1 amide bonds. The molecule has 3 heterocycles. The average molecular weight is 327 g/mol. The van der Waals surface area contributed by atoms with E-state index < -0.39 is 5.60 Å². The highest BCUT2D eigenvalue weighted by Crippen LogP contribution is 2.32. The molecule has 1 saturated heterocycles.